The molecule has 1 aromatic heterocycles. The molecule has 0 aliphatic carbocycles. The summed E-state index contributed by atoms with van der Waals surface area (Å²) in [7, 11) is 3.26. The van der Waals surface area contributed by atoms with Crippen LogP contribution in [0.25, 0.3) is 0 Å². The van der Waals surface area contributed by atoms with Crippen LogP contribution < -0.4 is 9.64 Å². The van der Waals surface area contributed by atoms with E-state index in [0.717, 1.165) is 0 Å². The van der Waals surface area contributed by atoms with Crippen LogP contribution in [0.15, 0.2) is 36.4 Å². The first-order valence-corrected chi connectivity index (χ1v) is 6.19. The number of ether oxygens (including phenoxy) is 1. The van der Waals surface area contributed by atoms with E-state index in [0.29, 0.717) is 11.4 Å². The van der Waals surface area contributed by atoms with E-state index in [9.17, 15) is 9.90 Å². The maximum atomic E-state index is 11.3. The fourth-order valence-electron chi connectivity index (χ4n) is 1.87. The van der Waals surface area contributed by atoms with Crippen LogP contribution in [0.3, 0.4) is 0 Å². The second-order valence-corrected chi connectivity index (χ2v) is 4.43. The first kappa shape index (κ1) is 14.1. The molecule has 0 unspecified atom stereocenters. The van der Waals surface area contributed by atoms with Gasteiger partial charge in [-0.1, -0.05) is 23.7 Å². The molecule has 1 N–H and O–H groups in total. The van der Waals surface area contributed by atoms with E-state index in [1.807, 2.05) is 18.2 Å². The van der Waals surface area contributed by atoms with Crippen molar-refractivity contribution < 1.29 is 14.6 Å². The summed E-state index contributed by atoms with van der Waals surface area (Å²) in [5, 5.41) is 9.47. The van der Waals surface area contributed by atoms with Gasteiger partial charge in [-0.15, -0.1) is 0 Å². The summed E-state index contributed by atoms with van der Waals surface area (Å²) in [6, 6.07) is 10.1. The zero-order valence-electron chi connectivity index (χ0n) is 11.0. The van der Waals surface area contributed by atoms with E-state index in [2.05, 4.69) is 4.98 Å². The number of nitrogens with zero attached hydrogens (tertiary/aromatic N) is 2. The fourth-order valence-corrected chi connectivity index (χ4v) is 2.01. The van der Waals surface area contributed by atoms with Gasteiger partial charge < -0.3 is 14.7 Å². The molecule has 2 rings (SSSR count). The molecular weight excluding hydrogens is 280 g/mol. The number of pyridine rings is 1. The second-order valence-electron chi connectivity index (χ2n) is 4.04. The van der Waals surface area contributed by atoms with Crippen LogP contribution in [0, 0.1) is 0 Å². The van der Waals surface area contributed by atoms with Crippen molar-refractivity contribution in [3.63, 3.8) is 0 Å². The van der Waals surface area contributed by atoms with Gasteiger partial charge in [0.05, 0.1) is 12.8 Å². The molecule has 20 heavy (non-hydrogen) atoms. The number of methoxy groups -OCH3 is 1. The highest BCUT2D eigenvalue weighted by Crippen LogP contribution is 2.33. The van der Waals surface area contributed by atoms with E-state index in [1.54, 1.807) is 25.1 Å². The monoisotopic (exact) mass is 292 g/mol. The van der Waals surface area contributed by atoms with Crippen LogP contribution in [0.2, 0.25) is 5.15 Å². The van der Waals surface area contributed by atoms with Gasteiger partial charge in [0.25, 0.3) is 0 Å². The van der Waals surface area contributed by atoms with Crippen molar-refractivity contribution in [3.05, 3.63) is 47.1 Å². The molecular formula is C14H13ClN2O3. The summed E-state index contributed by atoms with van der Waals surface area (Å²) in [6.45, 7) is 0. The van der Waals surface area contributed by atoms with Crippen molar-refractivity contribution >= 4 is 29.1 Å². The lowest BCUT2D eigenvalue weighted by molar-refractivity contribution is 0.0697. The lowest BCUT2D eigenvalue weighted by Gasteiger charge is -2.22. The maximum Gasteiger partial charge on any atom is 0.339 e. The van der Waals surface area contributed by atoms with E-state index in [4.69, 9.17) is 16.3 Å². The van der Waals surface area contributed by atoms with Gasteiger partial charge in [0.1, 0.15) is 22.3 Å². The van der Waals surface area contributed by atoms with Gasteiger partial charge in [-0.2, -0.15) is 0 Å². The maximum absolute atomic E-state index is 11.3. The quantitative estimate of drug-likeness (QED) is 0.877. The minimum atomic E-state index is -1.06. The predicted octanol–water partition coefficient (Wildman–Crippen LogP) is 3.21. The topological polar surface area (TPSA) is 62.7 Å². The van der Waals surface area contributed by atoms with Gasteiger partial charge in [0, 0.05) is 7.05 Å². The van der Waals surface area contributed by atoms with Crippen LogP contribution in [-0.4, -0.2) is 30.2 Å². The third-order valence-corrected chi connectivity index (χ3v) is 3.05. The third-order valence-electron chi connectivity index (χ3n) is 2.84. The van der Waals surface area contributed by atoms with Crippen molar-refractivity contribution in [2.45, 2.75) is 0 Å². The average Bonchev–Trinajstić information content (AvgIpc) is 2.46. The highest BCUT2D eigenvalue weighted by atomic mass is 35.5. The zero-order chi connectivity index (χ0) is 14.7. The number of benzene rings is 1. The molecule has 0 aliphatic heterocycles. The Morgan fingerprint density at radius 1 is 1.30 bits per heavy atom. The van der Waals surface area contributed by atoms with Gasteiger partial charge in [-0.3, -0.25) is 0 Å². The lowest BCUT2D eigenvalue weighted by atomic mass is 10.2. The fraction of sp³-hybridized carbons (Fsp3) is 0.143. The van der Waals surface area contributed by atoms with Gasteiger partial charge >= 0.3 is 5.97 Å². The number of rotatable bonds is 4. The number of halogens is 1. The Bertz CT molecular complexity index is 646. The molecule has 2 aromatic rings. The number of carbonyl (C=O) groups is 1. The molecule has 0 fully saturated rings. The van der Waals surface area contributed by atoms with E-state index >= 15 is 0 Å². The highest BCUT2D eigenvalue weighted by Gasteiger charge is 2.18. The average molecular weight is 293 g/mol. The molecule has 0 aliphatic rings. The van der Waals surface area contributed by atoms with Crippen molar-refractivity contribution in [3.8, 4) is 5.75 Å². The molecule has 0 atom stereocenters. The third kappa shape index (κ3) is 2.67. The first-order chi connectivity index (χ1) is 9.54. The number of carboxylic acids is 1. The number of aromatic nitrogens is 1. The number of carboxylic acid groups (broad SMARTS) is 1. The number of para-hydroxylation sites is 2. The van der Waals surface area contributed by atoms with Crippen molar-refractivity contribution in [1.82, 2.24) is 4.98 Å². The van der Waals surface area contributed by atoms with Crippen molar-refractivity contribution in [2.24, 2.45) is 0 Å². The minimum Gasteiger partial charge on any atom is -0.495 e. The molecule has 0 saturated heterocycles. The van der Waals surface area contributed by atoms with E-state index in [1.165, 1.54) is 12.1 Å². The second kappa shape index (κ2) is 5.79. The number of anilines is 2. The predicted molar refractivity (Wildman–Crippen MR) is 77.3 cm³/mol. The molecule has 1 aromatic carbocycles. The Hall–Kier alpha value is -2.27. The zero-order valence-corrected chi connectivity index (χ0v) is 11.8. The molecule has 104 valence electrons. The van der Waals surface area contributed by atoms with Crippen molar-refractivity contribution in [2.75, 3.05) is 19.1 Å². The largest absolute Gasteiger partial charge is 0.495 e. The Balaban J connectivity index is 2.55. The number of hydrogen-bond acceptors (Lipinski definition) is 4. The van der Waals surface area contributed by atoms with Crippen LogP contribution in [0.5, 0.6) is 5.75 Å². The Kier molecular flexibility index (Phi) is 4.10. The smallest absolute Gasteiger partial charge is 0.339 e. The van der Waals surface area contributed by atoms with Gasteiger partial charge in [0.2, 0.25) is 0 Å². The minimum absolute atomic E-state index is 0.0720. The normalized spacial score (nSPS) is 10.2. The van der Waals surface area contributed by atoms with E-state index in [-0.39, 0.29) is 16.5 Å². The summed E-state index contributed by atoms with van der Waals surface area (Å²) in [4.78, 5) is 17.0. The summed E-state index contributed by atoms with van der Waals surface area (Å²) in [6.07, 6.45) is 0. The van der Waals surface area contributed by atoms with Gasteiger partial charge in [0.15, 0.2) is 0 Å². The Morgan fingerprint density at radius 2 is 2.00 bits per heavy atom. The van der Waals surface area contributed by atoms with Crippen LogP contribution in [0.4, 0.5) is 11.5 Å². The first-order valence-electron chi connectivity index (χ1n) is 5.81. The number of aromatic carboxylic acids is 1. The summed E-state index contributed by atoms with van der Waals surface area (Å²) in [5.74, 6) is -0.187. The Labute approximate surface area is 121 Å². The summed E-state index contributed by atoms with van der Waals surface area (Å²) in [5.41, 5.74) is 0.773. The molecule has 0 saturated carbocycles. The molecule has 5 nitrogen and oxygen atoms in total. The van der Waals surface area contributed by atoms with Gasteiger partial charge in [-0.25, -0.2) is 9.78 Å². The molecule has 0 amide bonds. The SMILES string of the molecule is COc1ccccc1N(C)c1nc(Cl)ccc1C(=O)O. The van der Waals surface area contributed by atoms with Crippen LogP contribution >= 0.6 is 11.6 Å². The Morgan fingerprint density at radius 3 is 2.65 bits per heavy atom. The van der Waals surface area contributed by atoms with Crippen LogP contribution in [0.1, 0.15) is 10.4 Å². The highest BCUT2D eigenvalue weighted by molar-refractivity contribution is 6.29. The molecule has 0 radical (unpaired) electrons. The standard InChI is InChI=1S/C14H13ClN2O3/c1-17(10-5-3-4-6-11(10)20-2)13-9(14(18)19)7-8-12(15)16-13/h3-8H,1-2H3,(H,18,19). The molecule has 6 heteroatoms. The van der Waals surface area contributed by atoms with E-state index < -0.39 is 5.97 Å². The molecule has 0 spiro atoms. The molecule has 0 bridgehead atoms. The molecule has 1 heterocycles. The van der Waals surface area contributed by atoms with Gasteiger partial charge in [-0.05, 0) is 24.3 Å². The van der Waals surface area contributed by atoms with Crippen LogP contribution in [-0.2, 0) is 0 Å². The summed E-state index contributed by atoms with van der Waals surface area (Å²) >= 11 is 5.86. The summed E-state index contributed by atoms with van der Waals surface area (Å²) < 4.78 is 5.27. The van der Waals surface area contributed by atoms with Crippen molar-refractivity contribution in [1.29, 1.82) is 0 Å². The number of hydrogen-bond donors (Lipinski definition) is 1. The lowest BCUT2D eigenvalue weighted by Crippen LogP contribution is -2.16.